The Bertz CT molecular complexity index is 750. The first-order valence-corrected chi connectivity index (χ1v) is 12.2. The number of carboxylic acids is 2. The SMILES string of the molecule is CSCCC(NC(=O)C(CCCN=C(N)N)NC(=O)C(CC(=O)O)NC(=O)C(N)CS)C(=O)O. The van der Waals surface area contributed by atoms with Gasteiger partial charge in [-0.2, -0.15) is 24.4 Å². The van der Waals surface area contributed by atoms with Crippen LogP contribution in [0.2, 0.25) is 0 Å². The molecule has 0 heterocycles. The lowest BCUT2D eigenvalue weighted by Gasteiger charge is -2.24. The number of rotatable bonds is 17. The number of thioether (sulfide) groups is 1. The van der Waals surface area contributed by atoms with Crippen molar-refractivity contribution in [2.45, 2.75) is 49.9 Å². The van der Waals surface area contributed by atoms with Gasteiger partial charge in [0.2, 0.25) is 17.7 Å². The first-order chi connectivity index (χ1) is 15.9. The third-order valence-electron chi connectivity index (χ3n) is 4.35. The Kier molecular flexibility index (Phi) is 15.5. The standard InChI is InChI=1S/C18H33N7O7S2/c1-34-6-4-11(17(31)32)24-15(29)10(3-2-5-22-18(20)21)23-16(30)12(7-13(26)27)25-14(28)9(19)8-33/h9-12,33H,2-8,19H2,1H3,(H,23,30)(H,24,29)(H,25,28)(H,26,27)(H,31,32)(H4,20,21,22). The van der Waals surface area contributed by atoms with E-state index in [0.717, 1.165) is 0 Å². The molecule has 0 fully saturated rings. The second-order valence-corrected chi connectivity index (χ2v) is 8.49. The Hall–Kier alpha value is -2.72. The Balaban J connectivity index is 5.57. The average molecular weight is 524 g/mol. The molecular weight excluding hydrogens is 490 g/mol. The minimum absolute atomic E-state index is 0.00706. The van der Waals surface area contributed by atoms with Crippen LogP contribution in [0.25, 0.3) is 0 Å². The first-order valence-electron chi connectivity index (χ1n) is 10.2. The second-order valence-electron chi connectivity index (χ2n) is 7.14. The van der Waals surface area contributed by atoms with E-state index >= 15 is 0 Å². The molecule has 0 saturated heterocycles. The van der Waals surface area contributed by atoms with E-state index in [0.29, 0.717) is 5.75 Å². The van der Waals surface area contributed by atoms with Crippen LogP contribution in [0.5, 0.6) is 0 Å². The minimum atomic E-state index is -1.53. The number of carbonyl (C=O) groups is 5. The fraction of sp³-hybridized carbons (Fsp3) is 0.667. The van der Waals surface area contributed by atoms with Gasteiger partial charge in [-0.05, 0) is 31.3 Å². The number of nitrogens with one attached hydrogen (secondary N) is 3. The summed E-state index contributed by atoms with van der Waals surface area (Å²) < 4.78 is 0. The molecule has 0 spiro atoms. The highest BCUT2D eigenvalue weighted by atomic mass is 32.2. The predicted molar refractivity (Wildman–Crippen MR) is 130 cm³/mol. The molecule has 0 radical (unpaired) electrons. The fourth-order valence-corrected chi connectivity index (χ4v) is 3.19. The van der Waals surface area contributed by atoms with Crippen molar-refractivity contribution in [3.8, 4) is 0 Å². The normalized spacial score (nSPS) is 14.1. The molecule has 0 aromatic heterocycles. The van der Waals surface area contributed by atoms with Crippen molar-refractivity contribution in [1.82, 2.24) is 16.0 Å². The molecule has 0 saturated carbocycles. The summed E-state index contributed by atoms with van der Waals surface area (Å²) in [6.07, 6.45) is 1.40. The van der Waals surface area contributed by atoms with Crippen LogP contribution < -0.4 is 33.2 Å². The van der Waals surface area contributed by atoms with Crippen LogP contribution in [0.15, 0.2) is 4.99 Å². The Morgan fingerprint density at radius 1 is 0.941 bits per heavy atom. The highest BCUT2D eigenvalue weighted by Gasteiger charge is 2.31. The van der Waals surface area contributed by atoms with E-state index in [4.69, 9.17) is 22.3 Å². The summed E-state index contributed by atoms with van der Waals surface area (Å²) in [5.41, 5.74) is 16.1. The van der Waals surface area contributed by atoms with Crippen molar-refractivity contribution < 1.29 is 34.2 Å². The number of nitrogens with zero attached hydrogens (tertiary/aromatic N) is 1. The van der Waals surface area contributed by atoms with Gasteiger partial charge in [0.15, 0.2) is 5.96 Å². The zero-order valence-electron chi connectivity index (χ0n) is 18.7. The lowest BCUT2D eigenvalue weighted by molar-refractivity contribution is -0.143. The van der Waals surface area contributed by atoms with Crippen molar-refractivity contribution in [2.75, 3.05) is 24.3 Å². The van der Waals surface area contributed by atoms with Crippen LogP contribution in [0.3, 0.4) is 0 Å². The number of thiol groups is 1. The number of aliphatic imine (C=N–C) groups is 1. The maximum atomic E-state index is 12.8. The number of amides is 3. The van der Waals surface area contributed by atoms with Gasteiger partial charge in [0.1, 0.15) is 18.1 Å². The van der Waals surface area contributed by atoms with Crippen molar-refractivity contribution in [1.29, 1.82) is 0 Å². The highest BCUT2D eigenvalue weighted by Crippen LogP contribution is 2.06. The van der Waals surface area contributed by atoms with Gasteiger partial charge in [0, 0.05) is 12.3 Å². The number of carbonyl (C=O) groups excluding carboxylic acids is 3. The highest BCUT2D eigenvalue weighted by molar-refractivity contribution is 7.98. The van der Waals surface area contributed by atoms with Gasteiger partial charge in [-0.1, -0.05) is 0 Å². The van der Waals surface area contributed by atoms with Gasteiger partial charge in [-0.25, -0.2) is 4.79 Å². The summed E-state index contributed by atoms with van der Waals surface area (Å²) in [6, 6.07) is -5.06. The van der Waals surface area contributed by atoms with Crippen molar-refractivity contribution in [3.05, 3.63) is 0 Å². The number of guanidine groups is 1. The third-order valence-corrected chi connectivity index (χ3v) is 5.39. The molecule has 3 amide bonds. The zero-order valence-corrected chi connectivity index (χ0v) is 20.4. The van der Waals surface area contributed by atoms with Crippen LogP contribution in [0.1, 0.15) is 25.7 Å². The van der Waals surface area contributed by atoms with Gasteiger partial charge >= 0.3 is 11.9 Å². The van der Waals surface area contributed by atoms with E-state index in [1.54, 1.807) is 6.26 Å². The van der Waals surface area contributed by atoms with Gasteiger partial charge < -0.3 is 43.4 Å². The van der Waals surface area contributed by atoms with Crippen LogP contribution in [-0.4, -0.2) is 94.3 Å². The summed E-state index contributed by atoms with van der Waals surface area (Å²) in [7, 11) is 0. The van der Waals surface area contributed by atoms with Gasteiger partial charge in [0.05, 0.1) is 12.5 Å². The molecular formula is C18H33N7O7S2. The predicted octanol–water partition coefficient (Wildman–Crippen LogP) is -2.94. The Labute approximate surface area is 206 Å². The lowest BCUT2D eigenvalue weighted by atomic mass is 10.1. The maximum absolute atomic E-state index is 12.8. The maximum Gasteiger partial charge on any atom is 0.326 e. The fourth-order valence-electron chi connectivity index (χ4n) is 2.56. The van der Waals surface area contributed by atoms with E-state index in [1.165, 1.54) is 11.8 Å². The lowest BCUT2D eigenvalue weighted by Crippen LogP contribution is -2.57. The number of hydrogen-bond acceptors (Lipinski definition) is 9. The molecule has 4 atom stereocenters. The molecule has 4 unspecified atom stereocenters. The number of aliphatic carboxylic acids is 2. The first kappa shape index (κ1) is 31.3. The van der Waals surface area contributed by atoms with E-state index < -0.39 is 60.2 Å². The van der Waals surface area contributed by atoms with Gasteiger partial charge in [-0.15, -0.1) is 0 Å². The molecule has 0 aliphatic rings. The van der Waals surface area contributed by atoms with Crippen molar-refractivity contribution >= 4 is 60.0 Å². The zero-order chi connectivity index (χ0) is 26.3. The molecule has 0 rings (SSSR count). The molecule has 0 aromatic rings. The van der Waals surface area contributed by atoms with E-state index in [-0.39, 0.29) is 37.5 Å². The molecule has 0 aromatic carbocycles. The number of carboxylic acid groups (broad SMARTS) is 2. The average Bonchev–Trinajstić information content (AvgIpc) is 2.76. The van der Waals surface area contributed by atoms with Crippen molar-refractivity contribution in [3.63, 3.8) is 0 Å². The molecule has 0 bridgehead atoms. The van der Waals surface area contributed by atoms with Crippen LogP contribution >= 0.6 is 24.4 Å². The van der Waals surface area contributed by atoms with Gasteiger partial charge in [-0.3, -0.25) is 24.2 Å². The van der Waals surface area contributed by atoms with E-state index in [1.807, 2.05) is 0 Å². The monoisotopic (exact) mass is 523 g/mol. The van der Waals surface area contributed by atoms with Crippen LogP contribution in [0.4, 0.5) is 0 Å². The summed E-state index contributed by atoms with van der Waals surface area (Å²) in [5, 5.41) is 25.4. The summed E-state index contributed by atoms with van der Waals surface area (Å²) >= 11 is 5.28. The quantitative estimate of drug-likeness (QED) is 0.0403. The van der Waals surface area contributed by atoms with Crippen molar-refractivity contribution in [2.24, 2.45) is 22.2 Å². The van der Waals surface area contributed by atoms with Crippen LogP contribution in [-0.2, 0) is 24.0 Å². The van der Waals surface area contributed by atoms with Crippen LogP contribution in [0, 0.1) is 0 Å². The molecule has 34 heavy (non-hydrogen) atoms. The second kappa shape index (κ2) is 16.8. The topological polar surface area (TPSA) is 252 Å². The molecule has 16 heteroatoms. The molecule has 14 nitrogen and oxygen atoms in total. The Morgan fingerprint density at radius 2 is 1.50 bits per heavy atom. The smallest absolute Gasteiger partial charge is 0.326 e. The molecule has 0 aliphatic carbocycles. The molecule has 194 valence electrons. The molecule has 11 N–H and O–H groups in total. The van der Waals surface area contributed by atoms with E-state index in [9.17, 15) is 29.1 Å². The largest absolute Gasteiger partial charge is 0.481 e. The Morgan fingerprint density at radius 3 is 2.00 bits per heavy atom. The molecule has 0 aliphatic heterocycles. The van der Waals surface area contributed by atoms with E-state index in [2.05, 4.69) is 33.6 Å². The summed E-state index contributed by atoms with van der Waals surface area (Å²) in [6.45, 7) is 0.128. The summed E-state index contributed by atoms with van der Waals surface area (Å²) in [5.74, 6) is -4.92. The third kappa shape index (κ3) is 13.1. The van der Waals surface area contributed by atoms with Gasteiger partial charge in [0.25, 0.3) is 0 Å². The number of nitrogens with two attached hydrogens (primary N) is 3. The summed E-state index contributed by atoms with van der Waals surface area (Å²) in [4.78, 5) is 64.0. The minimum Gasteiger partial charge on any atom is -0.481 e. The number of hydrogen-bond donors (Lipinski definition) is 9.